The minimum Gasteiger partial charge on any atom is -0.275 e. The van der Waals surface area contributed by atoms with E-state index in [1.54, 1.807) is 7.05 Å². The van der Waals surface area contributed by atoms with Crippen LogP contribution in [-0.4, -0.2) is 25.1 Å². The summed E-state index contributed by atoms with van der Waals surface area (Å²) in [5.41, 5.74) is -0.126. The topological polar surface area (TPSA) is 29.5 Å². The summed E-state index contributed by atoms with van der Waals surface area (Å²) in [5.74, 6) is 0.108. The second-order valence-corrected chi connectivity index (χ2v) is 3.59. The molecule has 3 nitrogen and oxygen atoms in total. The van der Waals surface area contributed by atoms with Crippen LogP contribution in [0.15, 0.2) is 12.7 Å². The molecule has 1 amide bonds. The van der Waals surface area contributed by atoms with Crippen LogP contribution in [0, 0.1) is 5.41 Å². The van der Waals surface area contributed by atoms with Crippen molar-refractivity contribution < 1.29 is 9.63 Å². The van der Waals surface area contributed by atoms with Crippen molar-refractivity contribution >= 4 is 5.91 Å². The van der Waals surface area contributed by atoms with E-state index in [9.17, 15) is 4.79 Å². The van der Waals surface area contributed by atoms with Gasteiger partial charge in [-0.25, -0.2) is 5.06 Å². The number of allylic oxidation sites excluding steroid dienone is 1. The summed E-state index contributed by atoms with van der Waals surface area (Å²) < 4.78 is 0. The van der Waals surface area contributed by atoms with Crippen molar-refractivity contribution in [2.75, 3.05) is 14.2 Å². The van der Waals surface area contributed by atoms with Gasteiger partial charge in [0.15, 0.2) is 0 Å². The number of hydroxylamine groups is 2. The summed E-state index contributed by atoms with van der Waals surface area (Å²) in [7, 11) is 3.18. The molecule has 3 heteroatoms. The molecule has 0 aromatic carbocycles. The maximum absolute atomic E-state index is 11.7. The fourth-order valence-corrected chi connectivity index (χ4v) is 1.52. The monoisotopic (exact) mass is 183 g/mol. The number of hydrogen-bond donors (Lipinski definition) is 0. The predicted octanol–water partition coefficient (Wildman–Crippen LogP) is 1.75. The summed E-state index contributed by atoms with van der Waals surface area (Å²) in [4.78, 5) is 16.6. The molecule has 1 saturated carbocycles. The number of rotatable bonds is 5. The molecule has 0 saturated heterocycles. The van der Waals surface area contributed by atoms with Crippen LogP contribution in [0.2, 0.25) is 0 Å². The Morgan fingerprint density at radius 2 is 2.31 bits per heavy atom. The Morgan fingerprint density at radius 1 is 1.69 bits per heavy atom. The van der Waals surface area contributed by atoms with E-state index >= 15 is 0 Å². The Kier molecular flexibility index (Phi) is 3.09. The second kappa shape index (κ2) is 3.92. The molecule has 0 radical (unpaired) electrons. The molecule has 1 aliphatic carbocycles. The van der Waals surface area contributed by atoms with Crippen molar-refractivity contribution in [3.05, 3.63) is 12.7 Å². The molecule has 13 heavy (non-hydrogen) atoms. The zero-order valence-corrected chi connectivity index (χ0v) is 8.38. The van der Waals surface area contributed by atoms with Crippen LogP contribution in [0.3, 0.4) is 0 Å². The Labute approximate surface area is 79.3 Å². The first-order valence-electron chi connectivity index (χ1n) is 4.59. The van der Waals surface area contributed by atoms with Crippen LogP contribution in [0.4, 0.5) is 0 Å². The lowest BCUT2D eigenvalue weighted by atomic mass is 9.99. The molecule has 74 valence electrons. The highest BCUT2D eigenvalue weighted by Crippen LogP contribution is 2.50. The van der Waals surface area contributed by atoms with Gasteiger partial charge in [-0.3, -0.25) is 9.63 Å². The molecule has 0 atom stereocenters. The molecule has 0 bridgehead atoms. The van der Waals surface area contributed by atoms with Gasteiger partial charge in [-0.15, -0.1) is 6.58 Å². The first kappa shape index (κ1) is 10.3. The lowest BCUT2D eigenvalue weighted by Crippen LogP contribution is -2.33. The third kappa shape index (κ3) is 2.10. The van der Waals surface area contributed by atoms with E-state index in [0.29, 0.717) is 0 Å². The summed E-state index contributed by atoms with van der Waals surface area (Å²) in [6, 6.07) is 0. The van der Waals surface area contributed by atoms with Crippen LogP contribution in [0.1, 0.15) is 25.7 Å². The lowest BCUT2D eigenvalue weighted by Gasteiger charge is -2.20. The summed E-state index contributed by atoms with van der Waals surface area (Å²) >= 11 is 0. The van der Waals surface area contributed by atoms with Gasteiger partial charge in [-0.05, 0) is 25.7 Å². The smallest absolute Gasteiger partial charge is 0.252 e. The van der Waals surface area contributed by atoms with Crippen LogP contribution >= 0.6 is 0 Å². The van der Waals surface area contributed by atoms with Crippen LogP contribution in [0.25, 0.3) is 0 Å². The van der Waals surface area contributed by atoms with E-state index in [-0.39, 0.29) is 11.3 Å². The highest BCUT2D eigenvalue weighted by atomic mass is 16.7. The number of nitrogens with zero attached hydrogens (tertiary/aromatic N) is 1. The second-order valence-electron chi connectivity index (χ2n) is 3.59. The van der Waals surface area contributed by atoms with Gasteiger partial charge < -0.3 is 0 Å². The van der Waals surface area contributed by atoms with Gasteiger partial charge in [0.1, 0.15) is 0 Å². The van der Waals surface area contributed by atoms with E-state index in [1.807, 2.05) is 6.08 Å². The number of carbonyl (C=O) groups is 1. The average molecular weight is 183 g/mol. The van der Waals surface area contributed by atoms with E-state index in [4.69, 9.17) is 4.84 Å². The van der Waals surface area contributed by atoms with Gasteiger partial charge in [-0.2, -0.15) is 0 Å². The molecule has 1 rings (SSSR count). The Bertz CT molecular complexity index is 209. The summed E-state index contributed by atoms with van der Waals surface area (Å²) in [6.45, 7) is 3.66. The largest absolute Gasteiger partial charge is 0.275 e. The van der Waals surface area contributed by atoms with Crippen molar-refractivity contribution in [3.8, 4) is 0 Å². The van der Waals surface area contributed by atoms with Gasteiger partial charge in [0.2, 0.25) is 0 Å². The van der Waals surface area contributed by atoms with Gasteiger partial charge in [-0.1, -0.05) is 6.08 Å². The van der Waals surface area contributed by atoms with Gasteiger partial charge >= 0.3 is 0 Å². The molecular formula is C10H17NO2. The standard InChI is InChI=1S/C10H17NO2/c1-4-5-6-10(7-8-10)9(12)11(2)13-3/h4H,1,5-8H2,2-3H3. The van der Waals surface area contributed by atoms with Gasteiger partial charge in [0.25, 0.3) is 5.91 Å². The molecule has 0 aromatic heterocycles. The maximum Gasteiger partial charge on any atom is 0.252 e. The molecule has 1 fully saturated rings. The highest BCUT2D eigenvalue weighted by molar-refractivity contribution is 5.84. The first-order valence-corrected chi connectivity index (χ1v) is 4.59. The van der Waals surface area contributed by atoms with Gasteiger partial charge in [0.05, 0.1) is 12.5 Å². The molecule has 0 aromatic rings. The SMILES string of the molecule is C=CCCC1(C(=O)N(C)OC)CC1. The molecule has 0 unspecified atom stereocenters. The molecule has 0 spiro atoms. The van der Waals surface area contributed by atoms with E-state index in [1.165, 1.54) is 12.2 Å². The third-order valence-corrected chi connectivity index (χ3v) is 2.69. The average Bonchev–Trinajstić information content (AvgIpc) is 2.93. The van der Waals surface area contributed by atoms with E-state index < -0.39 is 0 Å². The Morgan fingerprint density at radius 3 is 2.69 bits per heavy atom. The summed E-state index contributed by atoms with van der Waals surface area (Å²) in [6.07, 6.45) is 5.66. The predicted molar refractivity (Wildman–Crippen MR) is 50.9 cm³/mol. The molecular weight excluding hydrogens is 166 g/mol. The van der Waals surface area contributed by atoms with Gasteiger partial charge in [0, 0.05) is 7.05 Å². The van der Waals surface area contributed by atoms with Crippen molar-refractivity contribution in [2.24, 2.45) is 5.41 Å². The molecule has 1 aliphatic rings. The number of carbonyl (C=O) groups excluding carboxylic acids is 1. The zero-order chi connectivity index (χ0) is 9.90. The Hall–Kier alpha value is -0.830. The van der Waals surface area contributed by atoms with E-state index in [2.05, 4.69) is 6.58 Å². The highest BCUT2D eigenvalue weighted by Gasteiger charge is 2.50. The first-order chi connectivity index (χ1) is 6.16. The van der Waals surface area contributed by atoms with Crippen molar-refractivity contribution in [3.63, 3.8) is 0 Å². The van der Waals surface area contributed by atoms with Crippen LogP contribution in [0.5, 0.6) is 0 Å². The molecule has 0 N–H and O–H groups in total. The number of amides is 1. The van der Waals surface area contributed by atoms with Crippen LogP contribution < -0.4 is 0 Å². The fourth-order valence-electron chi connectivity index (χ4n) is 1.52. The Balaban J connectivity index is 2.49. The fraction of sp³-hybridized carbons (Fsp3) is 0.700. The number of hydrogen-bond acceptors (Lipinski definition) is 2. The van der Waals surface area contributed by atoms with Crippen molar-refractivity contribution in [2.45, 2.75) is 25.7 Å². The molecule has 0 heterocycles. The minimum absolute atomic E-state index is 0.108. The quantitative estimate of drug-likeness (QED) is 0.480. The lowest BCUT2D eigenvalue weighted by molar-refractivity contribution is -0.175. The summed E-state index contributed by atoms with van der Waals surface area (Å²) in [5, 5.41) is 1.33. The zero-order valence-electron chi connectivity index (χ0n) is 8.38. The van der Waals surface area contributed by atoms with E-state index in [0.717, 1.165) is 25.7 Å². The van der Waals surface area contributed by atoms with Crippen molar-refractivity contribution in [1.82, 2.24) is 5.06 Å². The van der Waals surface area contributed by atoms with Crippen LogP contribution in [-0.2, 0) is 9.63 Å². The normalized spacial score (nSPS) is 18.0. The molecule has 0 aliphatic heterocycles. The minimum atomic E-state index is -0.126. The van der Waals surface area contributed by atoms with Crippen molar-refractivity contribution in [1.29, 1.82) is 0 Å². The maximum atomic E-state index is 11.7. The third-order valence-electron chi connectivity index (χ3n) is 2.69.